The maximum atomic E-state index is 14.7. The van der Waals surface area contributed by atoms with Crippen molar-refractivity contribution < 1.29 is 52.4 Å². The lowest BCUT2D eigenvalue weighted by Crippen LogP contribution is -2.60. The number of hydrogen-bond donors (Lipinski definition) is 1. The van der Waals surface area contributed by atoms with Crippen LogP contribution < -0.4 is 0 Å². The molecule has 0 aliphatic carbocycles. The molecule has 59 heavy (non-hydrogen) atoms. The summed E-state index contributed by atoms with van der Waals surface area (Å²) in [4.78, 5) is 64.8. The molecule has 5 rings (SSSR count). The highest BCUT2D eigenvalue weighted by Crippen LogP contribution is 2.43. The Balaban J connectivity index is 1.43. The highest BCUT2D eigenvalue weighted by molar-refractivity contribution is 6.00. The highest BCUT2D eigenvalue weighted by atomic mass is 19.1. The number of benzene rings is 1. The van der Waals surface area contributed by atoms with Crippen LogP contribution in [0, 0.1) is 29.5 Å². The van der Waals surface area contributed by atoms with Crippen molar-refractivity contribution in [2.45, 2.75) is 148 Å². The zero-order valence-electron chi connectivity index (χ0n) is 36.6. The monoisotopic (exact) mass is 828 g/mol. The predicted molar refractivity (Wildman–Crippen MR) is 216 cm³/mol. The average Bonchev–Trinajstić information content (AvgIpc) is 3.77. The van der Waals surface area contributed by atoms with Crippen molar-refractivity contribution in [1.29, 1.82) is 0 Å². The van der Waals surface area contributed by atoms with Crippen molar-refractivity contribution in [3.63, 3.8) is 0 Å². The third-order valence-electron chi connectivity index (χ3n) is 13.0. The van der Waals surface area contributed by atoms with E-state index in [9.17, 15) is 28.7 Å². The molecular formula is C44H65FN4O10. The Kier molecular flexibility index (Phi) is 14.8. The van der Waals surface area contributed by atoms with Gasteiger partial charge in [-0.05, 0) is 98.2 Å². The molecule has 14 nitrogen and oxygen atoms in total. The Morgan fingerprint density at radius 3 is 2.27 bits per heavy atom. The number of likely N-dealkylation sites (N-methyl/N-ethyl adjacent to an activating group) is 1. The number of ether oxygens (including phenoxy) is 5. The van der Waals surface area contributed by atoms with Crippen LogP contribution >= 0.6 is 0 Å². The number of aromatic nitrogens is 2. The molecule has 0 radical (unpaired) electrons. The second kappa shape index (κ2) is 18.9. The van der Waals surface area contributed by atoms with Gasteiger partial charge < -0.3 is 43.2 Å². The normalized spacial score (nSPS) is 36.3. The molecule has 0 bridgehead atoms. The number of carbonyl (C=O) groups excluding carboxylic acids is 4. The quantitative estimate of drug-likeness (QED) is 0.168. The van der Waals surface area contributed by atoms with E-state index in [0.717, 1.165) is 5.56 Å². The first-order valence-electron chi connectivity index (χ1n) is 21.0. The number of imidazole rings is 1. The maximum Gasteiger partial charge on any atom is 0.410 e. The zero-order valence-corrected chi connectivity index (χ0v) is 36.6. The van der Waals surface area contributed by atoms with Gasteiger partial charge in [0.15, 0.2) is 17.7 Å². The molecule has 15 heteroatoms. The van der Waals surface area contributed by atoms with Crippen molar-refractivity contribution in [3.8, 4) is 11.3 Å². The van der Waals surface area contributed by atoms with Gasteiger partial charge in [-0.2, -0.15) is 0 Å². The van der Waals surface area contributed by atoms with Gasteiger partial charge >= 0.3 is 12.1 Å². The lowest BCUT2D eigenvalue weighted by Gasteiger charge is -2.47. The van der Waals surface area contributed by atoms with Crippen molar-refractivity contribution in [1.82, 2.24) is 19.4 Å². The summed E-state index contributed by atoms with van der Waals surface area (Å²) in [5.74, 6) is -5.38. The van der Waals surface area contributed by atoms with Crippen LogP contribution in [0.2, 0.25) is 0 Å². The van der Waals surface area contributed by atoms with Crippen LogP contribution in [0.1, 0.15) is 87.5 Å². The third-order valence-corrected chi connectivity index (χ3v) is 13.0. The van der Waals surface area contributed by atoms with Crippen LogP contribution in [-0.2, 0) is 44.6 Å². The van der Waals surface area contributed by atoms with E-state index in [-0.39, 0.29) is 43.1 Å². The van der Waals surface area contributed by atoms with Gasteiger partial charge in [-0.1, -0.05) is 27.7 Å². The summed E-state index contributed by atoms with van der Waals surface area (Å²) in [6, 6.07) is 5.03. The lowest BCUT2D eigenvalue weighted by atomic mass is 9.73. The molecule has 3 aliphatic rings. The molecule has 1 aromatic carbocycles. The fourth-order valence-electron chi connectivity index (χ4n) is 9.54. The summed E-state index contributed by atoms with van der Waals surface area (Å²) in [6.45, 7) is 14.7. The number of fused-ring (bicyclic) bond motifs is 1. The maximum absolute atomic E-state index is 14.7. The number of methoxy groups -OCH3 is 1. The van der Waals surface area contributed by atoms with E-state index in [1.165, 1.54) is 26.2 Å². The molecule has 0 unspecified atom stereocenters. The van der Waals surface area contributed by atoms with Gasteiger partial charge in [0.1, 0.15) is 29.7 Å². The fourth-order valence-corrected chi connectivity index (χ4v) is 9.54. The Morgan fingerprint density at radius 2 is 1.64 bits per heavy atom. The van der Waals surface area contributed by atoms with Crippen molar-refractivity contribution >= 4 is 23.6 Å². The Bertz CT molecular complexity index is 1790. The number of ketones is 2. The third kappa shape index (κ3) is 9.75. The number of unbranched alkanes of at least 4 members (excludes halogenated alkanes) is 1. The second-order valence-corrected chi connectivity index (χ2v) is 17.6. The molecular weight excluding hydrogens is 763 g/mol. The van der Waals surface area contributed by atoms with E-state index in [0.29, 0.717) is 31.5 Å². The number of aliphatic hydroxyl groups is 1. The fraction of sp³-hybridized carbons (Fsp3) is 0.705. The van der Waals surface area contributed by atoms with Crippen LogP contribution in [-0.4, -0.2) is 130 Å². The summed E-state index contributed by atoms with van der Waals surface area (Å²) in [5, 5.41) is 11.4. The summed E-state index contributed by atoms with van der Waals surface area (Å²) in [5.41, 5.74) is -1.20. The van der Waals surface area contributed by atoms with Crippen LogP contribution in [0.3, 0.4) is 0 Å². The van der Waals surface area contributed by atoms with E-state index < -0.39 is 83.4 Å². The van der Waals surface area contributed by atoms with Crippen LogP contribution in [0.25, 0.3) is 11.3 Å². The summed E-state index contributed by atoms with van der Waals surface area (Å²) in [6.07, 6.45) is 0.637. The van der Waals surface area contributed by atoms with Gasteiger partial charge in [-0.3, -0.25) is 14.4 Å². The molecule has 1 amide bonds. The van der Waals surface area contributed by atoms with E-state index in [2.05, 4.69) is 4.98 Å². The molecule has 3 fully saturated rings. The number of carbonyl (C=O) groups is 4. The first-order valence-corrected chi connectivity index (χ1v) is 21.0. The molecule has 1 N–H and O–H groups in total. The Morgan fingerprint density at radius 1 is 0.983 bits per heavy atom. The first-order chi connectivity index (χ1) is 27.8. The van der Waals surface area contributed by atoms with E-state index >= 15 is 0 Å². The van der Waals surface area contributed by atoms with E-state index in [1.54, 1.807) is 64.9 Å². The number of hydrogen-bond acceptors (Lipinski definition) is 12. The number of aliphatic hydroxyl groups excluding tert-OH is 1. The number of rotatable bonds is 11. The Labute approximate surface area is 348 Å². The molecule has 3 saturated heterocycles. The van der Waals surface area contributed by atoms with Crippen molar-refractivity contribution in [2.75, 3.05) is 27.7 Å². The topological polar surface area (TPSA) is 159 Å². The standard InChI is InChI=1S/C44H65FN4O10/c1-12-34-44(8)38(49(42(54)59-44)20-14-13-19-48-23-32(46-24-48)30-15-17-31(45)18-16-30)27(4)35(50)25(2)22-43(7,55-11)39(28(5)36(51)29(6)40(53)57-34)58-41-37(52)33(47(9)10)21-26(3)56-41/h15-18,23-29,33-34,37-39,41,52H,12-14,19-22H2,1-11H3/t25-,26+,27+,28+,29-,33-,34-,37+,38-,39-,41-,43-,44-/m1/s1. The zero-order chi connectivity index (χ0) is 43.6. The van der Waals surface area contributed by atoms with Crippen LogP contribution in [0.5, 0.6) is 0 Å². The summed E-state index contributed by atoms with van der Waals surface area (Å²) < 4.78 is 46.6. The number of amides is 1. The molecule has 1 aromatic heterocycles. The second-order valence-electron chi connectivity index (χ2n) is 17.6. The predicted octanol–water partition coefficient (Wildman–Crippen LogP) is 5.67. The SMILES string of the molecule is CC[C@H]1OC(=O)[C@H](C)C(=O)[C@H](C)[C@@H](O[C@H]2O[C@@H](C)C[C@@H](N(C)C)[C@@H]2O)[C@](C)(OC)C[C@@H](C)C(=O)[C@H](C)[C@H]2N(CCCCn3cnc(-c4ccc(F)cc4)c3)C(=O)O[C@]12C. The largest absolute Gasteiger partial charge is 0.458 e. The average molecular weight is 829 g/mol. The van der Waals surface area contributed by atoms with Crippen molar-refractivity contribution in [2.24, 2.45) is 23.7 Å². The van der Waals surface area contributed by atoms with Crippen LogP contribution in [0.4, 0.5) is 9.18 Å². The highest BCUT2D eigenvalue weighted by Gasteiger charge is 2.60. The minimum atomic E-state index is -1.42. The van der Waals surface area contributed by atoms with Crippen molar-refractivity contribution in [3.05, 3.63) is 42.6 Å². The van der Waals surface area contributed by atoms with E-state index in [1.807, 2.05) is 36.7 Å². The van der Waals surface area contributed by atoms with Gasteiger partial charge in [0.05, 0.1) is 35.9 Å². The first kappa shape index (κ1) is 46.3. The molecule has 3 aliphatic heterocycles. The van der Waals surface area contributed by atoms with Gasteiger partial charge in [-0.25, -0.2) is 14.2 Å². The van der Waals surface area contributed by atoms with Gasteiger partial charge in [0.2, 0.25) is 0 Å². The van der Waals surface area contributed by atoms with E-state index in [4.69, 9.17) is 23.7 Å². The molecule has 0 saturated carbocycles. The summed E-state index contributed by atoms with van der Waals surface area (Å²) >= 11 is 0. The molecule has 4 heterocycles. The number of Topliss-reactive ketones (excluding diaryl/α,β-unsaturated/α-hetero) is 2. The number of halogens is 1. The number of nitrogens with zero attached hydrogens (tertiary/aromatic N) is 4. The summed E-state index contributed by atoms with van der Waals surface area (Å²) in [7, 11) is 5.22. The number of aryl methyl sites for hydroxylation is 1. The number of cyclic esters (lactones) is 1. The minimum absolute atomic E-state index is 0.115. The smallest absolute Gasteiger partial charge is 0.410 e. The number of esters is 1. The Hall–Kier alpha value is -3.76. The van der Waals surface area contributed by atoms with Gasteiger partial charge in [-0.15, -0.1) is 0 Å². The van der Waals surface area contributed by atoms with Gasteiger partial charge in [0, 0.05) is 55.8 Å². The van der Waals surface area contributed by atoms with Gasteiger partial charge in [0.25, 0.3) is 0 Å². The van der Waals surface area contributed by atoms with Crippen LogP contribution in [0.15, 0.2) is 36.8 Å². The molecule has 328 valence electrons. The minimum Gasteiger partial charge on any atom is -0.458 e. The molecule has 0 spiro atoms. The molecule has 13 atom stereocenters. The lowest BCUT2D eigenvalue weighted by molar-refractivity contribution is -0.295. The molecule has 2 aromatic rings.